The van der Waals surface area contributed by atoms with Crippen molar-refractivity contribution in [2.75, 3.05) is 14.2 Å². The van der Waals surface area contributed by atoms with Gasteiger partial charge < -0.3 is 19.7 Å². The van der Waals surface area contributed by atoms with E-state index in [0.29, 0.717) is 28.0 Å². The normalized spacial score (nSPS) is 10.6. The molecule has 5 heteroatoms. The van der Waals surface area contributed by atoms with Crippen LogP contribution in [-0.4, -0.2) is 24.4 Å². The summed E-state index contributed by atoms with van der Waals surface area (Å²) in [4.78, 5) is 0. The summed E-state index contributed by atoms with van der Waals surface area (Å²) in [5.41, 5.74) is 1.76. The molecule has 2 aromatic carbocycles. The predicted molar refractivity (Wildman–Crippen MR) is 80.2 cm³/mol. The van der Waals surface area contributed by atoms with Crippen LogP contribution in [0.2, 0.25) is 0 Å². The molecule has 0 bridgehead atoms. The van der Waals surface area contributed by atoms with Gasteiger partial charge in [0.25, 0.3) is 0 Å². The zero-order chi connectivity index (χ0) is 14.7. The molecule has 0 radical (unpaired) electrons. The molecule has 0 aliphatic carbocycles. The molecular weight excluding hydrogens is 324 g/mol. The van der Waals surface area contributed by atoms with Crippen LogP contribution in [0.1, 0.15) is 5.56 Å². The van der Waals surface area contributed by atoms with Crippen molar-refractivity contribution >= 4 is 15.9 Å². The van der Waals surface area contributed by atoms with E-state index < -0.39 is 0 Å². The summed E-state index contributed by atoms with van der Waals surface area (Å²) >= 11 is 3.25. The first-order chi connectivity index (χ1) is 9.60. The summed E-state index contributed by atoms with van der Waals surface area (Å²) < 4.78 is 11.0. The van der Waals surface area contributed by atoms with Crippen LogP contribution in [0.5, 0.6) is 17.2 Å². The van der Waals surface area contributed by atoms with Gasteiger partial charge in [0.1, 0.15) is 17.2 Å². The second kappa shape index (κ2) is 6.15. The van der Waals surface area contributed by atoms with Crippen molar-refractivity contribution in [1.82, 2.24) is 0 Å². The van der Waals surface area contributed by atoms with Crippen LogP contribution in [0.3, 0.4) is 0 Å². The number of phenols is 2. The predicted octanol–water partition coefficient (Wildman–Crippen LogP) is 3.68. The highest BCUT2D eigenvalue weighted by atomic mass is 79.9. The van der Waals surface area contributed by atoms with Gasteiger partial charge in [-0.15, -0.1) is 0 Å². The van der Waals surface area contributed by atoms with E-state index in [0.717, 1.165) is 5.56 Å². The lowest BCUT2D eigenvalue weighted by molar-refractivity contribution is 0.185. The van der Waals surface area contributed by atoms with Crippen LogP contribution in [0.25, 0.3) is 11.1 Å². The van der Waals surface area contributed by atoms with Crippen molar-refractivity contribution in [3.8, 4) is 28.4 Å². The Morgan fingerprint density at radius 1 is 1.05 bits per heavy atom. The molecule has 0 amide bonds. The van der Waals surface area contributed by atoms with Crippen LogP contribution in [0.15, 0.2) is 34.8 Å². The van der Waals surface area contributed by atoms with E-state index in [2.05, 4.69) is 15.9 Å². The number of phenolic OH excluding ortho intramolecular Hbond substituents is 2. The Kier molecular flexibility index (Phi) is 4.52. The molecule has 0 fully saturated rings. The molecule has 0 saturated heterocycles. The van der Waals surface area contributed by atoms with Gasteiger partial charge in [-0.1, -0.05) is 12.1 Å². The average molecular weight is 339 g/mol. The van der Waals surface area contributed by atoms with E-state index in [-0.39, 0.29) is 11.5 Å². The molecule has 2 aromatic rings. The summed E-state index contributed by atoms with van der Waals surface area (Å²) in [6.45, 7) is 0.345. The Bertz CT molecular complexity index is 626. The Labute approximate surface area is 125 Å². The van der Waals surface area contributed by atoms with Gasteiger partial charge >= 0.3 is 0 Å². The van der Waals surface area contributed by atoms with E-state index in [1.165, 1.54) is 6.07 Å². The number of hydrogen-bond donors (Lipinski definition) is 2. The second-order valence-corrected chi connectivity index (χ2v) is 5.07. The SMILES string of the molecule is COCc1cccc(OC)c1-c1c(O)ccc(Br)c1O. The maximum absolute atomic E-state index is 10.2. The summed E-state index contributed by atoms with van der Waals surface area (Å²) in [5, 5.41) is 20.3. The molecule has 20 heavy (non-hydrogen) atoms. The fraction of sp³-hybridized carbons (Fsp3) is 0.200. The summed E-state index contributed by atoms with van der Waals surface area (Å²) in [7, 11) is 3.13. The number of benzene rings is 2. The van der Waals surface area contributed by atoms with E-state index >= 15 is 0 Å². The summed E-state index contributed by atoms with van der Waals surface area (Å²) in [6.07, 6.45) is 0. The third kappa shape index (κ3) is 2.59. The third-order valence-electron chi connectivity index (χ3n) is 2.99. The molecule has 0 aromatic heterocycles. The minimum absolute atomic E-state index is 0.0208. The van der Waals surface area contributed by atoms with E-state index in [9.17, 15) is 10.2 Å². The van der Waals surface area contributed by atoms with Gasteiger partial charge in [-0.05, 0) is 39.7 Å². The van der Waals surface area contributed by atoms with E-state index in [1.54, 1.807) is 26.4 Å². The van der Waals surface area contributed by atoms with Crippen LogP contribution < -0.4 is 4.74 Å². The van der Waals surface area contributed by atoms with Gasteiger partial charge in [-0.3, -0.25) is 0 Å². The number of hydrogen-bond acceptors (Lipinski definition) is 4. The molecule has 0 atom stereocenters. The first-order valence-electron chi connectivity index (χ1n) is 5.95. The number of ether oxygens (including phenoxy) is 2. The highest BCUT2D eigenvalue weighted by Crippen LogP contribution is 2.46. The Morgan fingerprint density at radius 3 is 2.45 bits per heavy atom. The first kappa shape index (κ1) is 14.7. The van der Waals surface area contributed by atoms with Crippen LogP contribution in [0, 0.1) is 0 Å². The van der Waals surface area contributed by atoms with Crippen LogP contribution in [-0.2, 0) is 11.3 Å². The Morgan fingerprint density at radius 2 is 1.80 bits per heavy atom. The number of methoxy groups -OCH3 is 2. The quantitative estimate of drug-likeness (QED) is 0.892. The van der Waals surface area contributed by atoms with Crippen molar-refractivity contribution in [2.45, 2.75) is 6.61 Å². The van der Waals surface area contributed by atoms with Crippen molar-refractivity contribution < 1.29 is 19.7 Å². The van der Waals surface area contributed by atoms with Gasteiger partial charge in [0.15, 0.2) is 0 Å². The van der Waals surface area contributed by atoms with Crippen molar-refractivity contribution in [2.24, 2.45) is 0 Å². The number of halogens is 1. The lowest BCUT2D eigenvalue weighted by Gasteiger charge is -2.16. The number of rotatable bonds is 4. The molecular formula is C15H15BrO4. The third-order valence-corrected chi connectivity index (χ3v) is 3.63. The Hall–Kier alpha value is -1.72. The Balaban J connectivity index is 2.77. The van der Waals surface area contributed by atoms with Crippen molar-refractivity contribution in [3.63, 3.8) is 0 Å². The van der Waals surface area contributed by atoms with Crippen molar-refractivity contribution in [3.05, 3.63) is 40.4 Å². The van der Waals surface area contributed by atoms with Crippen LogP contribution in [0.4, 0.5) is 0 Å². The standard InChI is InChI=1S/C15H15BrO4/c1-19-8-9-4-3-5-12(20-2)13(9)14-11(17)7-6-10(16)15(14)18/h3-7,17-18H,8H2,1-2H3. The first-order valence-corrected chi connectivity index (χ1v) is 6.75. The van der Waals surface area contributed by atoms with Crippen LogP contribution >= 0.6 is 15.9 Å². The average Bonchev–Trinajstić information content (AvgIpc) is 2.45. The van der Waals surface area contributed by atoms with E-state index in [4.69, 9.17) is 9.47 Å². The molecule has 2 N–H and O–H groups in total. The zero-order valence-electron chi connectivity index (χ0n) is 11.2. The molecule has 0 saturated carbocycles. The summed E-state index contributed by atoms with van der Waals surface area (Å²) in [5.74, 6) is 0.502. The zero-order valence-corrected chi connectivity index (χ0v) is 12.8. The summed E-state index contributed by atoms with van der Waals surface area (Å²) in [6, 6.07) is 8.57. The van der Waals surface area contributed by atoms with Gasteiger partial charge in [0, 0.05) is 12.7 Å². The lowest BCUT2D eigenvalue weighted by atomic mass is 9.97. The monoisotopic (exact) mass is 338 g/mol. The molecule has 0 aliphatic rings. The minimum atomic E-state index is -0.0353. The minimum Gasteiger partial charge on any atom is -0.507 e. The van der Waals surface area contributed by atoms with E-state index in [1.807, 2.05) is 12.1 Å². The highest BCUT2D eigenvalue weighted by Gasteiger charge is 2.20. The highest BCUT2D eigenvalue weighted by molar-refractivity contribution is 9.10. The van der Waals surface area contributed by atoms with Gasteiger partial charge in [-0.25, -0.2) is 0 Å². The maximum Gasteiger partial charge on any atom is 0.141 e. The molecule has 2 rings (SSSR count). The van der Waals surface area contributed by atoms with Gasteiger partial charge in [0.2, 0.25) is 0 Å². The molecule has 0 aliphatic heterocycles. The largest absolute Gasteiger partial charge is 0.507 e. The topological polar surface area (TPSA) is 58.9 Å². The fourth-order valence-electron chi connectivity index (χ4n) is 2.11. The van der Waals surface area contributed by atoms with Crippen molar-refractivity contribution in [1.29, 1.82) is 0 Å². The molecule has 106 valence electrons. The lowest BCUT2D eigenvalue weighted by Crippen LogP contribution is -1.97. The van der Waals surface area contributed by atoms with Gasteiger partial charge in [0.05, 0.1) is 23.8 Å². The molecule has 0 spiro atoms. The van der Waals surface area contributed by atoms with Gasteiger partial charge in [-0.2, -0.15) is 0 Å². The molecule has 0 unspecified atom stereocenters. The maximum atomic E-state index is 10.2. The molecule has 4 nitrogen and oxygen atoms in total. The smallest absolute Gasteiger partial charge is 0.141 e. The molecule has 0 heterocycles. The fourth-order valence-corrected chi connectivity index (χ4v) is 2.44. The number of aromatic hydroxyl groups is 2. The second-order valence-electron chi connectivity index (χ2n) is 4.22.